The van der Waals surface area contributed by atoms with Crippen molar-refractivity contribution in [2.45, 2.75) is 5.41 Å². The summed E-state index contributed by atoms with van der Waals surface area (Å²) in [6.45, 7) is 0. The van der Waals surface area contributed by atoms with E-state index in [9.17, 15) is 4.79 Å². The molecule has 0 unspecified atom stereocenters. The van der Waals surface area contributed by atoms with E-state index in [2.05, 4.69) is 51.4 Å². The second-order valence-electron chi connectivity index (χ2n) is 8.55. The Kier molecular flexibility index (Phi) is 4.17. The molecule has 6 nitrogen and oxygen atoms in total. The van der Waals surface area contributed by atoms with Crippen LogP contribution in [-0.2, 0) is 5.41 Å². The minimum atomic E-state index is -0.313. The van der Waals surface area contributed by atoms with Gasteiger partial charge in [0.2, 0.25) is 5.78 Å². The summed E-state index contributed by atoms with van der Waals surface area (Å²) in [5.74, 6) is 0.617. The molecule has 5 aromatic rings. The molecule has 0 aliphatic heterocycles. The van der Waals surface area contributed by atoms with Crippen LogP contribution in [0, 0.1) is 0 Å². The number of benzene rings is 2. The lowest BCUT2D eigenvalue weighted by atomic mass is 9.89. The average Bonchev–Trinajstić information content (AvgIpc) is 3.55. The van der Waals surface area contributed by atoms with Crippen molar-refractivity contribution in [1.29, 1.82) is 0 Å². The van der Waals surface area contributed by atoms with Crippen LogP contribution in [0.15, 0.2) is 91.5 Å². The van der Waals surface area contributed by atoms with E-state index in [1.165, 1.54) is 5.56 Å². The number of hydrogen-bond donors (Lipinski definition) is 0. The molecule has 3 heterocycles. The van der Waals surface area contributed by atoms with Crippen molar-refractivity contribution in [3.63, 3.8) is 0 Å². The van der Waals surface area contributed by atoms with Crippen molar-refractivity contribution in [2.24, 2.45) is 0 Å². The normalized spacial score (nSPS) is 14.0. The summed E-state index contributed by atoms with van der Waals surface area (Å²) in [5, 5.41) is 1.11. The molecule has 1 aliphatic carbocycles. The Morgan fingerprint density at radius 2 is 1.76 bits per heavy atom. The zero-order valence-electron chi connectivity index (χ0n) is 18.3. The van der Waals surface area contributed by atoms with E-state index < -0.39 is 0 Å². The fourth-order valence-electron chi connectivity index (χ4n) is 4.35. The maximum Gasteiger partial charge on any atom is 0.253 e. The third kappa shape index (κ3) is 3.10. The lowest BCUT2D eigenvalue weighted by molar-refractivity contribution is 0.0827. The molecule has 0 spiro atoms. The molecule has 0 bridgehead atoms. The van der Waals surface area contributed by atoms with E-state index in [0.717, 1.165) is 27.7 Å². The molecule has 0 fully saturated rings. The molecule has 0 N–H and O–H groups in total. The smallest absolute Gasteiger partial charge is 0.253 e. The summed E-state index contributed by atoms with van der Waals surface area (Å²) in [7, 11) is 3.51. The number of amides is 1. The molecule has 1 amide bonds. The highest BCUT2D eigenvalue weighted by Gasteiger charge is 2.41. The van der Waals surface area contributed by atoms with Gasteiger partial charge in [-0.1, -0.05) is 36.4 Å². The minimum Gasteiger partial charge on any atom is -0.345 e. The quantitative estimate of drug-likeness (QED) is 0.393. The zero-order chi connectivity index (χ0) is 22.6. The Morgan fingerprint density at radius 1 is 0.909 bits per heavy atom. The number of rotatable bonds is 4. The van der Waals surface area contributed by atoms with E-state index in [0.29, 0.717) is 11.3 Å². The van der Waals surface area contributed by atoms with Crippen molar-refractivity contribution < 1.29 is 4.79 Å². The van der Waals surface area contributed by atoms with Crippen LogP contribution in [0.3, 0.4) is 0 Å². The first-order valence-electron chi connectivity index (χ1n) is 10.8. The summed E-state index contributed by atoms with van der Waals surface area (Å²) in [6.07, 6.45) is 11.9. The lowest BCUT2D eigenvalue weighted by Gasteiger charge is -2.17. The van der Waals surface area contributed by atoms with Gasteiger partial charge in [0.05, 0.1) is 22.8 Å². The van der Waals surface area contributed by atoms with Gasteiger partial charge in [0, 0.05) is 49.2 Å². The molecule has 33 heavy (non-hydrogen) atoms. The molecule has 0 radical (unpaired) electrons. The third-order valence-electron chi connectivity index (χ3n) is 6.22. The van der Waals surface area contributed by atoms with E-state index in [4.69, 9.17) is 0 Å². The first-order chi connectivity index (χ1) is 16.0. The maximum atomic E-state index is 12.4. The third-order valence-corrected chi connectivity index (χ3v) is 6.22. The molecule has 0 saturated heterocycles. The van der Waals surface area contributed by atoms with Gasteiger partial charge in [-0.25, -0.2) is 9.97 Å². The molecule has 3 aromatic heterocycles. The second kappa shape index (κ2) is 7.10. The molecular formula is C27H21N5O. The van der Waals surface area contributed by atoms with Crippen molar-refractivity contribution in [3.8, 4) is 11.1 Å². The van der Waals surface area contributed by atoms with Crippen molar-refractivity contribution in [2.75, 3.05) is 14.1 Å². The summed E-state index contributed by atoms with van der Waals surface area (Å²) >= 11 is 0. The highest BCUT2D eigenvalue weighted by Crippen LogP contribution is 2.45. The van der Waals surface area contributed by atoms with E-state index in [1.54, 1.807) is 25.2 Å². The van der Waals surface area contributed by atoms with E-state index in [-0.39, 0.29) is 11.3 Å². The molecule has 160 valence electrons. The number of pyridine rings is 1. The van der Waals surface area contributed by atoms with Gasteiger partial charge in [0.1, 0.15) is 0 Å². The molecule has 0 saturated carbocycles. The van der Waals surface area contributed by atoms with Gasteiger partial charge >= 0.3 is 0 Å². The average molecular weight is 431 g/mol. The molecule has 1 aliphatic rings. The van der Waals surface area contributed by atoms with Crippen LogP contribution in [0.4, 0.5) is 0 Å². The fraction of sp³-hybridized carbons (Fsp3) is 0.111. The van der Waals surface area contributed by atoms with E-state index in [1.807, 2.05) is 53.3 Å². The van der Waals surface area contributed by atoms with Crippen LogP contribution in [0.1, 0.15) is 21.6 Å². The van der Waals surface area contributed by atoms with Gasteiger partial charge in [-0.15, -0.1) is 0 Å². The summed E-state index contributed by atoms with van der Waals surface area (Å²) in [5.41, 5.74) is 5.39. The number of aromatic nitrogens is 4. The first kappa shape index (κ1) is 19.4. The van der Waals surface area contributed by atoms with Gasteiger partial charge in [0.15, 0.2) is 0 Å². The number of carbonyl (C=O) groups excluding carboxylic acids is 1. The Hall–Kier alpha value is -4.32. The zero-order valence-corrected chi connectivity index (χ0v) is 18.3. The molecule has 6 rings (SSSR count). The summed E-state index contributed by atoms with van der Waals surface area (Å²) in [4.78, 5) is 27.6. The van der Waals surface area contributed by atoms with Gasteiger partial charge in [0.25, 0.3) is 5.91 Å². The number of hydrogen-bond acceptors (Lipinski definition) is 4. The first-order valence-corrected chi connectivity index (χ1v) is 10.8. The molecule has 2 aromatic carbocycles. The van der Waals surface area contributed by atoms with Crippen molar-refractivity contribution >= 4 is 22.6 Å². The Balaban J connectivity index is 1.44. The molecule has 6 heteroatoms. The van der Waals surface area contributed by atoms with Gasteiger partial charge in [-0.05, 0) is 41.5 Å². The van der Waals surface area contributed by atoms with Gasteiger partial charge in [-0.2, -0.15) is 0 Å². The molecular weight excluding hydrogens is 410 g/mol. The van der Waals surface area contributed by atoms with Crippen LogP contribution < -0.4 is 0 Å². The van der Waals surface area contributed by atoms with Gasteiger partial charge in [-0.3, -0.25) is 14.2 Å². The Morgan fingerprint density at radius 3 is 2.58 bits per heavy atom. The summed E-state index contributed by atoms with van der Waals surface area (Å²) < 4.78 is 2.04. The highest BCUT2D eigenvalue weighted by molar-refractivity contribution is 5.95. The van der Waals surface area contributed by atoms with Crippen LogP contribution in [0.25, 0.3) is 27.8 Å². The molecule has 0 atom stereocenters. The second-order valence-corrected chi connectivity index (χ2v) is 8.55. The standard InChI is InChI=1S/C27H21N5O/c1-31(2)25(33)20-6-3-5-18(13-20)21-15-29-26-30-16-24(32(26)17-21)27(10-11-27)22-8-9-23-19(14-22)7-4-12-28-23/h3-17H,1-2H3. The fourth-order valence-corrected chi connectivity index (χ4v) is 4.35. The Labute approximate surface area is 190 Å². The predicted octanol–water partition coefficient (Wildman–Crippen LogP) is 4.50. The largest absolute Gasteiger partial charge is 0.345 e. The number of allylic oxidation sites excluding steroid dienone is 2. The monoisotopic (exact) mass is 431 g/mol. The number of fused-ring (bicyclic) bond motifs is 2. The SMILES string of the molecule is CN(C)C(=O)c1cccc(-c2cnc3ncc(C4(c5ccc6ncccc6c5)C=C4)n3c2)c1. The van der Waals surface area contributed by atoms with Crippen LogP contribution in [-0.4, -0.2) is 44.3 Å². The van der Waals surface area contributed by atoms with Crippen molar-refractivity contribution in [3.05, 3.63) is 108 Å². The number of imidazole rings is 1. The predicted molar refractivity (Wildman–Crippen MR) is 128 cm³/mol. The minimum absolute atomic E-state index is 0.0267. The summed E-state index contributed by atoms with van der Waals surface area (Å²) in [6, 6.07) is 18.0. The van der Waals surface area contributed by atoms with E-state index >= 15 is 0 Å². The lowest BCUT2D eigenvalue weighted by Crippen LogP contribution is -2.21. The highest BCUT2D eigenvalue weighted by atomic mass is 16.2. The number of nitrogens with zero attached hydrogens (tertiary/aromatic N) is 5. The Bertz CT molecular complexity index is 1570. The maximum absolute atomic E-state index is 12.4. The van der Waals surface area contributed by atoms with Crippen LogP contribution in [0.2, 0.25) is 0 Å². The van der Waals surface area contributed by atoms with Gasteiger partial charge < -0.3 is 4.90 Å². The van der Waals surface area contributed by atoms with Crippen LogP contribution in [0.5, 0.6) is 0 Å². The van der Waals surface area contributed by atoms with Crippen molar-refractivity contribution in [1.82, 2.24) is 24.3 Å². The van der Waals surface area contributed by atoms with Crippen LogP contribution >= 0.6 is 0 Å². The number of carbonyl (C=O) groups is 1. The topological polar surface area (TPSA) is 63.4 Å².